The molecular weight excluding hydrogens is 248 g/mol. The Labute approximate surface area is 120 Å². The van der Waals surface area contributed by atoms with E-state index >= 15 is 0 Å². The van der Waals surface area contributed by atoms with Gasteiger partial charge in [0.1, 0.15) is 0 Å². The van der Waals surface area contributed by atoms with E-state index in [9.17, 15) is 5.11 Å². The number of para-hydroxylation sites is 1. The van der Waals surface area contributed by atoms with Crippen LogP contribution < -0.4 is 0 Å². The normalized spacial score (nSPS) is 17.9. The highest BCUT2D eigenvalue weighted by Gasteiger charge is 2.18. The minimum atomic E-state index is -0.256. The first kappa shape index (κ1) is 13.6. The summed E-state index contributed by atoms with van der Waals surface area (Å²) in [7, 11) is 1.97. The molecule has 0 radical (unpaired) electrons. The van der Waals surface area contributed by atoms with Crippen molar-refractivity contribution in [3.05, 3.63) is 30.0 Å². The molecule has 0 saturated heterocycles. The van der Waals surface area contributed by atoms with E-state index in [1.165, 1.54) is 37.5 Å². The molecule has 1 aromatic carbocycles. The van der Waals surface area contributed by atoms with Crippen LogP contribution in [-0.2, 0) is 13.5 Å². The second-order valence-corrected chi connectivity index (χ2v) is 6.17. The summed E-state index contributed by atoms with van der Waals surface area (Å²) in [5.74, 6) is 0.852. The highest BCUT2D eigenvalue weighted by molar-refractivity contribution is 5.81. The van der Waals surface area contributed by atoms with E-state index in [1.54, 1.807) is 0 Å². The van der Waals surface area contributed by atoms with Crippen LogP contribution in [0.5, 0.6) is 0 Å². The molecule has 0 aliphatic heterocycles. The lowest BCUT2D eigenvalue weighted by Crippen LogP contribution is -2.13. The van der Waals surface area contributed by atoms with Crippen molar-refractivity contribution < 1.29 is 5.11 Å². The fourth-order valence-electron chi connectivity index (χ4n) is 3.49. The molecule has 108 valence electrons. The van der Waals surface area contributed by atoms with Gasteiger partial charge in [0.15, 0.2) is 0 Å². The molecule has 20 heavy (non-hydrogen) atoms. The topological polar surface area (TPSA) is 38.0 Å². The van der Waals surface area contributed by atoms with Crippen LogP contribution in [0.1, 0.15) is 44.2 Å². The summed E-state index contributed by atoms with van der Waals surface area (Å²) < 4.78 is 1.91. The van der Waals surface area contributed by atoms with E-state index in [4.69, 9.17) is 0 Å². The van der Waals surface area contributed by atoms with Crippen molar-refractivity contribution in [1.29, 1.82) is 0 Å². The van der Waals surface area contributed by atoms with Crippen LogP contribution in [0.3, 0.4) is 0 Å². The third-order valence-corrected chi connectivity index (χ3v) is 4.65. The molecule has 0 spiro atoms. The highest BCUT2D eigenvalue weighted by atomic mass is 16.3. The smallest absolute Gasteiger partial charge is 0.0728 e. The summed E-state index contributed by atoms with van der Waals surface area (Å²) in [6, 6.07) is 8.25. The molecule has 3 nitrogen and oxygen atoms in total. The summed E-state index contributed by atoms with van der Waals surface area (Å²) in [5.41, 5.74) is 2.17. The number of hydrogen-bond acceptors (Lipinski definition) is 2. The third-order valence-electron chi connectivity index (χ3n) is 4.65. The van der Waals surface area contributed by atoms with Gasteiger partial charge < -0.3 is 5.11 Å². The Kier molecular flexibility index (Phi) is 4.06. The number of aromatic nitrogens is 2. The van der Waals surface area contributed by atoms with E-state index < -0.39 is 0 Å². The third kappa shape index (κ3) is 2.88. The van der Waals surface area contributed by atoms with Crippen molar-refractivity contribution in [1.82, 2.24) is 9.78 Å². The minimum absolute atomic E-state index is 0.256. The summed E-state index contributed by atoms with van der Waals surface area (Å²) in [6.07, 6.45) is 7.99. The zero-order valence-electron chi connectivity index (χ0n) is 12.3. The number of benzene rings is 1. The molecule has 1 fully saturated rings. The average Bonchev–Trinajstić information content (AvgIpc) is 3.07. The maximum absolute atomic E-state index is 10.3. The van der Waals surface area contributed by atoms with Gasteiger partial charge in [0.2, 0.25) is 0 Å². The van der Waals surface area contributed by atoms with Gasteiger partial charge in [0.05, 0.1) is 17.3 Å². The molecular formula is C17H24N2O. The number of aliphatic hydroxyl groups is 1. The fourth-order valence-corrected chi connectivity index (χ4v) is 3.49. The molecule has 3 heteroatoms. The Bertz CT molecular complexity index is 569. The quantitative estimate of drug-likeness (QED) is 0.905. The van der Waals surface area contributed by atoms with Gasteiger partial charge in [-0.15, -0.1) is 0 Å². The minimum Gasteiger partial charge on any atom is -0.393 e. The van der Waals surface area contributed by atoms with Crippen LogP contribution in [-0.4, -0.2) is 21.0 Å². The molecule has 0 amide bonds. The van der Waals surface area contributed by atoms with Crippen LogP contribution in [0.25, 0.3) is 10.9 Å². The molecule has 0 bridgehead atoms. The van der Waals surface area contributed by atoms with Crippen molar-refractivity contribution in [2.45, 2.75) is 51.0 Å². The summed E-state index contributed by atoms with van der Waals surface area (Å²) in [6.45, 7) is 0. The number of hydrogen-bond donors (Lipinski definition) is 1. The van der Waals surface area contributed by atoms with Crippen molar-refractivity contribution >= 4 is 10.9 Å². The van der Waals surface area contributed by atoms with Gasteiger partial charge in [-0.25, -0.2) is 0 Å². The lowest BCUT2D eigenvalue weighted by Gasteiger charge is -2.13. The Morgan fingerprint density at radius 2 is 2.05 bits per heavy atom. The van der Waals surface area contributed by atoms with Crippen molar-refractivity contribution in [2.24, 2.45) is 13.0 Å². The summed E-state index contributed by atoms with van der Waals surface area (Å²) >= 11 is 0. The SMILES string of the molecule is Cn1nc(CC(O)CCC2CCCC2)c2ccccc21. The standard InChI is InChI=1S/C17H24N2O/c1-19-17-9-5-4-8-15(17)16(18-19)12-14(20)11-10-13-6-2-3-7-13/h4-5,8-9,13-14,20H,2-3,6-7,10-12H2,1H3. The van der Waals surface area contributed by atoms with Crippen LogP contribution in [0, 0.1) is 5.92 Å². The summed E-state index contributed by atoms with van der Waals surface area (Å²) in [5, 5.41) is 16.0. The highest BCUT2D eigenvalue weighted by Crippen LogP contribution is 2.29. The van der Waals surface area contributed by atoms with Gasteiger partial charge >= 0.3 is 0 Å². The Hall–Kier alpha value is -1.35. The molecule has 2 aromatic rings. The van der Waals surface area contributed by atoms with Gasteiger partial charge in [0.25, 0.3) is 0 Å². The zero-order chi connectivity index (χ0) is 13.9. The molecule has 1 unspecified atom stereocenters. The van der Waals surface area contributed by atoms with E-state index in [0.29, 0.717) is 6.42 Å². The van der Waals surface area contributed by atoms with Gasteiger partial charge in [-0.05, 0) is 24.8 Å². The molecule has 1 heterocycles. The number of fused-ring (bicyclic) bond motifs is 1. The van der Waals surface area contributed by atoms with E-state index in [-0.39, 0.29) is 6.10 Å². The monoisotopic (exact) mass is 272 g/mol. The lowest BCUT2D eigenvalue weighted by atomic mass is 9.97. The molecule has 1 saturated carbocycles. The first-order valence-electron chi connectivity index (χ1n) is 7.82. The van der Waals surface area contributed by atoms with E-state index in [1.807, 2.05) is 23.9 Å². The van der Waals surface area contributed by atoms with Gasteiger partial charge in [0, 0.05) is 18.9 Å². The Morgan fingerprint density at radius 3 is 2.85 bits per heavy atom. The molecule has 1 aliphatic carbocycles. The fraction of sp³-hybridized carbons (Fsp3) is 0.588. The molecule has 1 atom stereocenters. The predicted molar refractivity (Wildman–Crippen MR) is 81.6 cm³/mol. The zero-order valence-corrected chi connectivity index (χ0v) is 12.3. The Morgan fingerprint density at radius 1 is 1.30 bits per heavy atom. The van der Waals surface area contributed by atoms with E-state index in [2.05, 4.69) is 17.2 Å². The van der Waals surface area contributed by atoms with Crippen LogP contribution in [0.4, 0.5) is 0 Å². The second-order valence-electron chi connectivity index (χ2n) is 6.17. The van der Waals surface area contributed by atoms with Crippen LogP contribution in [0.2, 0.25) is 0 Å². The first-order valence-corrected chi connectivity index (χ1v) is 7.82. The Balaban J connectivity index is 1.63. The second kappa shape index (κ2) is 5.96. The van der Waals surface area contributed by atoms with Crippen molar-refractivity contribution in [3.8, 4) is 0 Å². The number of nitrogens with zero attached hydrogens (tertiary/aromatic N) is 2. The van der Waals surface area contributed by atoms with Crippen molar-refractivity contribution in [2.75, 3.05) is 0 Å². The number of aliphatic hydroxyl groups excluding tert-OH is 1. The average molecular weight is 272 g/mol. The van der Waals surface area contributed by atoms with Gasteiger partial charge in [-0.1, -0.05) is 43.9 Å². The lowest BCUT2D eigenvalue weighted by molar-refractivity contribution is 0.154. The predicted octanol–water partition coefficient (Wildman–Crippen LogP) is 3.45. The number of rotatable bonds is 5. The van der Waals surface area contributed by atoms with Gasteiger partial charge in [-0.2, -0.15) is 5.10 Å². The number of aryl methyl sites for hydroxylation is 1. The van der Waals surface area contributed by atoms with Crippen LogP contribution in [0.15, 0.2) is 24.3 Å². The van der Waals surface area contributed by atoms with Crippen LogP contribution >= 0.6 is 0 Å². The molecule has 1 N–H and O–H groups in total. The first-order chi connectivity index (χ1) is 9.74. The van der Waals surface area contributed by atoms with Crippen molar-refractivity contribution in [3.63, 3.8) is 0 Å². The largest absolute Gasteiger partial charge is 0.393 e. The van der Waals surface area contributed by atoms with Gasteiger partial charge in [-0.3, -0.25) is 4.68 Å². The van der Waals surface area contributed by atoms with E-state index in [0.717, 1.165) is 23.5 Å². The molecule has 1 aromatic heterocycles. The maximum atomic E-state index is 10.3. The maximum Gasteiger partial charge on any atom is 0.0728 e. The summed E-state index contributed by atoms with van der Waals surface area (Å²) in [4.78, 5) is 0. The molecule has 3 rings (SSSR count). The molecule has 1 aliphatic rings.